The predicted molar refractivity (Wildman–Crippen MR) is 102 cm³/mol. The Balaban J connectivity index is 1.80. The molecule has 0 saturated heterocycles. The molecule has 0 saturated carbocycles. The first kappa shape index (κ1) is 17.3. The third kappa shape index (κ3) is 3.94. The van der Waals surface area contributed by atoms with Gasteiger partial charge in [0, 0.05) is 29.0 Å². The highest BCUT2D eigenvalue weighted by Crippen LogP contribution is 2.35. The summed E-state index contributed by atoms with van der Waals surface area (Å²) in [7, 11) is 1.77. The lowest BCUT2D eigenvalue weighted by molar-refractivity contribution is 0.262. The number of phenols is 1. The van der Waals surface area contributed by atoms with Crippen molar-refractivity contribution in [2.24, 2.45) is 7.05 Å². The van der Waals surface area contributed by atoms with Crippen molar-refractivity contribution in [3.63, 3.8) is 0 Å². The van der Waals surface area contributed by atoms with Gasteiger partial charge in [0.1, 0.15) is 5.75 Å². The fraction of sp³-hybridized carbons (Fsp3) is 0.0588. The number of nitrogens with one attached hydrogen (secondary N) is 2. The van der Waals surface area contributed by atoms with E-state index in [9.17, 15) is 9.90 Å². The third-order valence-electron chi connectivity index (χ3n) is 3.51. The molecule has 1 heterocycles. The van der Waals surface area contributed by atoms with E-state index in [-0.39, 0.29) is 5.75 Å². The van der Waals surface area contributed by atoms with Crippen molar-refractivity contribution in [3.8, 4) is 17.0 Å². The number of benzene rings is 2. The molecule has 0 aliphatic heterocycles. The van der Waals surface area contributed by atoms with Gasteiger partial charge in [0.25, 0.3) is 0 Å². The molecule has 2 amide bonds. The molecule has 25 heavy (non-hydrogen) atoms. The number of carbonyl (C=O) groups is 1. The molecule has 8 heteroatoms. The Labute approximate surface area is 157 Å². The normalized spacial score (nSPS) is 10.5. The molecule has 3 rings (SSSR count). The highest BCUT2D eigenvalue weighted by Gasteiger charge is 2.14. The Kier molecular flexibility index (Phi) is 4.96. The first-order valence-electron chi connectivity index (χ1n) is 7.28. The summed E-state index contributed by atoms with van der Waals surface area (Å²) in [6.45, 7) is 0. The van der Waals surface area contributed by atoms with Gasteiger partial charge in [-0.3, -0.25) is 4.68 Å². The van der Waals surface area contributed by atoms with Crippen LogP contribution in [0.15, 0.2) is 53.1 Å². The van der Waals surface area contributed by atoms with E-state index in [2.05, 4.69) is 31.7 Å². The minimum absolute atomic E-state index is 0.0907. The molecule has 0 aliphatic carbocycles. The van der Waals surface area contributed by atoms with Gasteiger partial charge in [-0.05, 0) is 58.4 Å². The largest absolute Gasteiger partial charge is 0.507 e. The van der Waals surface area contributed by atoms with E-state index in [0.29, 0.717) is 27.7 Å². The summed E-state index contributed by atoms with van der Waals surface area (Å²) in [6.07, 6.45) is 1.64. The van der Waals surface area contributed by atoms with Crippen molar-refractivity contribution < 1.29 is 9.90 Å². The van der Waals surface area contributed by atoms with E-state index in [1.54, 1.807) is 54.3 Å². The van der Waals surface area contributed by atoms with Crippen LogP contribution in [0.25, 0.3) is 11.3 Å². The van der Waals surface area contributed by atoms with E-state index in [1.165, 1.54) is 6.07 Å². The minimum Gasteiger partial charge on any atom is -0.507 e. The van der Waals surface area contributed by atoms with Crippen LogP contribution in [-0.4, -0.2) is 20.9 Å². The number of halogens is 2. The standard InChI is InChI=1S/C17H14BrClN4O2/c1-23-16(14(18)9-20-23)13-8-12(6-7-15(13)24)22-17(25)21-11-4-2-10(19)3-5-11/h2-9,24H,1H3,(H2,21,22,25). The van der Waals surface area contributed by atoms with Gasteiger partial charge in [-0.15, -0.1) is 0 Å². The van der Waals surface area contributed by atoms with Gasteiger partial charge < -0.3 is 15.7 Å². The number of anilines is 2. The van der Waals surface area contributed by atoms with E-state index in [4.69, 9.17) is 11.6 Å². The lowest BCUT2D eigenvalue weighted by Gasteiger charge is -2.11. The van der Waals surface area contributed by atoms with Crippen molar-refractivity contribution in [2.45, 2.75) is 0 Å². The third-order valence-corrected chi connectivity index (χ3v) is 4.34. The molecule has 1 aromatic heterocycles. The van der Waals surface area contributed by atoms with Crippen molar-refractivity contribution in [2.75, 3.05) is 10.6 Å². The number of rotatable bonds is 3. The molecule has 0 atom stereocenters. The number of aromatic hydroxyl groups is 1. The smallest absolute Gasteiger partial charge is 0.323 e. The molecular weight excluding hydrogens is 408 g/mol. The number of hydrogen-bond acceptors (Lipinski definition) is 3. The van der Waals surface area contributed by atoms with Crippen LogP contribution >= 0.6 is 27.5 Å². The first-order valence-corrected chi connectivity index (χ1v) is 8.45. The van der Waals surface area contributed by atoms with Crippen LogP contribution in [0.5, 0.6) is 5.75 Å². The van der Waals surface area contributed by atoms with Crippen LogP contribution < -0.4 is 10.6 Å². The Morgan fingerprint density at radius 1 is 1.16 bits per heavy atom. The maximum absolute atomic E-state index is 12.1. The van der Waals surface area contributed by atoms with Gasteiger partial charge in [0.2, 0.25) is 0 Å². The number of aromatic nitrogens is 2. The molecule has 0 bridgehead atoms. The SMILES string of the molecule is Cn1ncc(Br)c1-c1cc(NC(=O)Nc2ccc(Cl)cc2)ccc1O. The average molecular weight is 422 g/mol. The lowest BCUT2D eigenvalue weighted by atomic mass is 10.1. The van der Waals surface area contributed by atoms with Crippen LogP contribution in [-0.2, 0) is 7.05 Å². The molecule has 0 aliphatic rings. The molecule has 2 aromatic carbocycles. The molecule has 3 N–H and O–H groups in total. The maximum Gasteiger partial charge on any atom is 0.323 e. The topological polar surface area (TPSA) is 79.2 Å². The Bertz CT molecular complexity index is 905. The zero-order valence-electron chi connectivity index (χ0n) is 13.1. The van der Waals surface area contributed by atoms with Crippen molar-refractivity contribution in [3.05, 3.63) is 58.2 Å². The molecule has 6 nitrogen and oxygen atoms in total. The second kappa shape index (κ2) is 7.16. The number of carbonyl (C=O) groups excluding carboxylic acids is 1. The highest BCUT2D eigenvalue weighted by atomic mass is 79.9. The summed E-state index contributed by atoms with van der Waals surface area (Å²) in [6, 6.07) is 11.2. The van der Waals surface area contributed by atoms with Gasteiger partial charge in [-0.2, -0.15) is 5.10 Å². The number of phenolic OH excluding ortho intramolecular Hbond substituents is 1. The second-order valence-electron chi connectivity index (χ2n) is 5.28. The van der Waals surface area contributed by atoms with Crippen LogP contribution in [0.1, 0.15) is 0 Å². The molecule has 0 fully saturated rings. The summed E-state index contributed by atoms with van der Waals surface area (Å²) in [5, 5.41) is 20.3. The summed E-state index contributed by atoms with van der Waals surface area (Å²) in [5.74, 6) is 0.0907. The van der Waals surface area contributed by atoms with Crippen molar-refractivity contribution in [1.82, 2.24) is 9.78 Å². The molecule has 128 valence electrons. The molecule has 0 spiro atoms. The summed E-state index contributed by atoms with van der Waals surface area (Å²) in [5.41, 5.74) is 2.41. The van der Waals surface area contributed by atoms with Crippen molar-refractivity contribution in [1.29, 1.82) is 0 Å². The van der Waals surface area contributed by atoms with E-state index < -0.39 is 6.03 Å². The lowest BCUT2D eigenvalue weighted by Crippen LogP contribution is -2.19. The molecule has 0 radical (unpaired) electrons. The first-order chi connectivity index (χ1) is 11.9. The van der Waals surface area contributed by atoms with Gasteiger partial charge >= 0.3 is 6.03 Å². The molecule has 3 aromatic rings. The van der Waals surface area contributed by atoms with Gasteiger partial charge in [0.15, 0.2) is 0 Å². The molecular formula is C17H14BrClN4O2. The van der Waals surface area contributed by atoms with Crippen molar-refractivity contribution >= 4 is 44.9 Å². The average Bonchev–Trinajstić information content (AvgIpc) is 2.90. The summed E-state index contributed by atoms with van der Waals surface area (Å²) in [4.78, 5) is 12.1. The zero-order chi connectivity index (χ0) is 18.0. The molecule has 0 unspecified atom stereocenters. The monoisotopic (exact) mass is 420 g/mol. The maximum atomic E-state index is 12.1. The number of aryl methyl sites for hydroxylation is 1. The van der Waals surface area contributed by atoms with E-state index in [1.807, 2.05) is 0 Å². The zero-order valence-corrected chi connectivity index (χ0v) is 15.5. The van der Waals surface area contributed by atoms with Gasteiger partial charge in [0.05, 0.1) is 16.4 Å². The Morgan fingerprint density at radius 3 is 2.44 bits per heavy atom. The number of nitrogens with zero attached hydrogens (tertiary/aromatic N) is 2. The fourth-order valence-corrected chi connectivity index (χ4v) is 3.03. The van der Waals surface area contributed by atoms with E-state index >= 15 is 0 Å². The Hall–Kier alpha value is -2.51. The van der Waals surface area contributed by atoms with Gasteiger partial charge in [-0.1, -0.05) is 11.6 Å². The highest BCUT2D eigenvalue weighted by molar-refractivity contribution is 9.10. The van der Waals surface area contributed by atoms with Crippen LogP contribution in [0, 0.1) is 0 Å². The van der Waals surface area contributed by atoms with Crippen LogP contribution in [0.4, 0.5) is 16.2 Å². The van der Waals surface area contributed by atoms with Crippen LogP contribution in [0.3, 0.4) is 0 Å². The second-order valence-corrected chi connectivity index (χ2v) is 6.57. The van der Waals surface area contributed by atoms with Gasteiger partial charge in [-0.25, -0.2) is 4.79 Å². The summed E-state index contributed by atoms with van der Waals surface area (Å²) < 4.78 is 2.38. The number of hydrogen-bond donors (Lipinski definition) is 3. The fourth-order valence-electron chi connectivity index (χ4n) is 2.34. The van der Waals surface area contributed by atoms with E-state index in [0.717, 1.165) is 4.47 Å². The quantitative estimate of drug-likeness (QED) is 0.529. The summed E-state index contributed by atoms with van der Waals surface area (Å²) >= 11 is 9.23. The Morgan fingerprint density at radius 2 is 1.80 bits per heavy atom. The van der Waals surface area contributed by atoms with Crippen LogP contribution in [0.2, 0.25) is 5.02 Å². The minimum atomic E-state index is -0.400. The predicted octanol–water partition coefficient (Wildman–Crippen LogP) is 4.85. The number of amides is 2. The number of urea groups is 1.